The molecule has 0 N–H and O–H groups in total. The Morgan fingerprint density at radius 1 is 1.28 bits per heavy atom. The Kier molecular flexibility index (Phi) is 8.29. The van der Waals surface area contributed by atoms with Crippen LogP contribution in [0.4, 0.5) is 0 Å². The highest BCUT2D eigenvalue weighted by Gasteiger charge is 1.98. The number of benzene rings is 1. The second-order valence-corrected chi connectivity index (χ2v) is 3.80. The summed E-state index contributed by atoms with van der Waals surface area (Å²) in [5.74, 6) is -0.312. The predicted molar refractivity (Wildman–Crippen MR) is 77.4 cm³/mol. The van der Waals surface area contributed by atoms with Crippen LogP contribution in [0.25, 0.3) is 6.08 Å². The summed E-state index contributed by atoms with van der Waals surface area (Å²) in [7, 11) is 0. The fourth-order valence-electron chi connectivity index (χ4n) is 1.14. The lowest BCUT2D eigenvalue weighted by Gasteiger charge is -1.96. The van der Waals surface area contributed by atoms with Crippen LogP contribution in [0.3, 0.4) is 0 Å². The largest absolute Gasteiger partial charge is 0.463 e. The van der Waals surface area contributed by atoms with Gasteiger partial charge in [0.25, 0.3) is 0 Å². The van der Waals surface area contributed by atoms with Gasteiger partial charge in [-0.2, -0.15) is 0 Å². The highest BCUT2D eigenvalue weighted by Crippen LogP contribution is 2.05. The molecule has 1 aromatic rings. The van der Waals surface area contributed by atoms with Crippen LogP contribution in [0.5, 0.6) is 0 Å². The number of aryl methyl sites for hydroxylation is 1. The van der Waals surface area contributed by atoms with Crippen LogP contribution in [0.2, 0.25) is 0 Å². The minimum absolute atomic E-state index is 0.312. The van der Waals surface area contributed by atoms with Crippen molar-refractivity contribution in [2.45, 2.75) is 27.2 Å². The molecule has 0 aliphatic carbocycles. The predicted octanol–water partition coefficient (Wildman–Crippen LogP) is 4.02. The fourth-order valence-corrected chi connectivity index (χ4v) is 1.14. The summed E-state index contributed by atoms with van der Waals surface area (Å²) in [6, 6.07) is 8.45. The number of carbonyl (C=O) groups excluding carboxylic acids is 1. The van der Waals surface area contributed by atoms with Gasteiger partial charge in [0.2, 0.25) is 0 Å². The van der Waals surface area contributed by atoms with Gasteiger partial charge < -0.3 is 4.74 Å². The molecule has 0 fully saturated rings. The van der Waals surface area contributed by atoms with Crippen LogP contribution < -0.4 is 0 Å². The second-order valence-electron chi connectivity index (χ2n) is 3.80. The number of esters is 1. The second kappa shape index (κ2) is 9.23. The highest BCUT2D eigenvalue weighted by molar-refractivity contribution is 5.86. The number of rotatable bonds is 4. The summed E-state index contributed by atoms with van der Waals surface area (Å²) in [4.78, 5) is 10.4. The molecule has 0 aliphatic rings. The summed E-state index contributed by atoms with van der Waals surface area (Å²) in [5, 5.41) is 0. The van der Waals surface area contributed by atoms with Gasteiger partial charge in [0.05, 0.1) is 6.61 Å². The molecule has 2 nitrogen and oxygen atoms in total. The molecule has 0 unspecified atom stereocenters. The maximum absolute atomic E-state index is 10.4. The molecule has 0 saturated carbocycles. The van der Waals surface area contributed by atoms with E-state index < -0.39 is 0 Å². The first-order valence-corrected chi connectivity index (χ1v) is 6.09. The molecule has 0 radical (unpaired) electrons. The molecule has 0 spiro atoms. The fraction of sp³-hybridized carbons (Fsp3) is 0.312. The van der Waals surface area contributed by atoms with Crippen molar-refractivity contribution in [2.75, 3.05) is 6.61 Å². The van der Waals surface area contributed by atoms with E-state index in [1.54, 1.807) is 13.8 Å². The standard InChI is InChI=1S/C10H12.C6H10O2/c1-3-9-5-7-10(4-2)8-6-9;1-4-8-6(7)5(2)3/h3,5-8H,1,4H2,2H3;2,4H2,1,3H3. The zero-order valence-electron chi connectivity index (χ0n) is 11.5. The van der Waals surface area contributed by atoms with Crippen molar-refractivity contribution >= 4 is 12.0 Å². The third kappa shape index (κ3) is 6.69. The molecular weight excluding hydrogens is 224 g/mol. The van der Waals surface area contributed by atoms with Gasteiger partial charge in [0.1, 0.15) is 0 Å². The summed E-state index contributed by atoms with van der Waals surface area (Å²) < 4.78 is 4.56. The number of ether oxygens (including phenoxy) is 1. The van der Waals surface area contributed by atoms with E-state index >= 15 is 0 Å². The minimum atomic E-state index is -0.312. The molecule has 0 bridgehead atoms. The van der Waals surface area contributed by atoms with Crippen LogP contribution >= 0.6 is 0 Å². The van der Waals surface area contributed by atoms with E-state index in [4.69, 9.17) is 0 Å². The first kappa shape index (κ1) is 16.2. The molecule has 2 heteroatoms. The van der Waals surface area contributed by atoms with Gasteiger partial charge >= 0.3 is 5.97 Å². The van der Waals surface area contributed by atoms with E-state index in [0.29, 0.717) is 12.2 Å². The maximum atomic E-state index is 10.4. The molecule has 0 aromatic heterocycles. The van der Waals surface area contributed by atoms with Crippen LogP contribution in [0.1, 0.15) is 31.9 Å². The molecule has 0 amide bonds. The zero-order valence-corrected chi connectivity index (χ0v) is 11.5. The lowest BCUT2D eigenvalue weighted by molar-refractivity contribution is -0.138. The van der Waals surface area contributed by atoms with Crippen molar-refractivity contribution < 1.29 is 9.53 Å². The number of hydrogen-bond donors (Lipinski definition) is 0. The highest BCUT2D eigenvalue weighted by atomic mass is 16.5. The van der Waals surface area contributed by atoms with Crippen LogP contribution in [0.15, 0.2) is 43.0 Å². The smallest absolute Gasteiger partial charge is 0.333 e. The van der Waals surface area contributed by atoms with Gasteiger partial charge in [0, 0.05) is 5.57 Å². The summed E-state index contributed by atoms with van der Waals surface area (Å²) in [6.07, 6.45) is 2.97. The molecule has 1 aromatic carbocycles. The Balaban J connectivity index is 0.000000331. The van der Waals surface area contributed by atoms with Gasteiger partial charge in [-0.25, -0.2) is 4.79 Å². The van der Waals surface area contributed by atoms with Crippen molar-refractivity contribution in [3.63, 3.8) is 0 Å². The quantitative estimate of drug-likeness (QED) is 0.592. The monoisotopic (exact) mass is 246 g/mol. The molecular formula is C16H22O2. The first-order valence-electron chi connectivity index (χ1n) is 6.09. The number of carbonyl (C=O) groups is 1. The van der Waals surface area contributed by atoms with E-state index in [-0.39, 0.29) is 5.97 Å². The molecule has 0 saturated heterocycles. The molecule has 1 rings (SSSR count). The van der Waals surface area contributed by atoms with Crippen molar-refractivity contribution in [1.82, 2.24) is 0 Å². The van der Waals surface area contributed by atoms with Gasteiger partial charge in [-0.3, -0.25) is 0 Å². The van der Waals surface area contributed by atoms with Gasteiger partial charge in [-0.05, 0) is 31.4 Å². The van der Waals surface area contributed by atoms with E-state index in [9.17, 15) is 4.79 Å². The third-order valence-electron chi connectivity index (χ3n) is 2.25. The van der Waals surface area contributed by atoms with Crippen LogP contribution in [-0.2, 0) is 16.0 Å². The Morgan fingerprint density at radius 3 is 2.11 bits per heavy atom. The Hall–Kier alpha value is -1.83. The van der Waals surface area contributed by atoms with Gasteiger partial charge in [-0.15, -0.1) is 0 Å². The van der Waals surface area contributed by atoms with Gasteiger partial charge in [-0.1, -0.05) is 50.4 Å². The van der Waals surface area contributed by atoms with E-state index in [2.05, 4.69) is 49.1 Å². The lowest BCUT2D eigenvalue weighted by atomic mass is 10.1. The van der Waals surface area contributed by atoms with Crippen molar-refractivity contribution in [2.24, 2.45) is 0 Å². The van der Waals surface area contributed by atoms with Crippen molar-refractivity contribution in [1.29, 1.82) is 0 Å². The van der Waals surface area contributed by atoms with Crippen molar-refractivity contribution in [3.05, 3.63) is 54.1 Å². The zero-order chi connectivity index (χ0) is 14.0. The van der Waals surface area contributed by atoms with E-state index in [0.717, 1.165) is 6.42 Å². The molecule has 0 aliphatic heterocycles. The molecule has 18 heavy (non-hydrogen) atoms. The topological polar surface area (TPSA) is 26.3 Å². The SMILES string of the molecule is C=C(C)C(=O)OCC.C=Cc1ccc(CC)cc1. The Bertz CT molecular complexity index is 388. The third-order valence-corrected chi connectivity index (χ3v) is 2.25. The number of hydrogen-bond acceptors (Lipinski definition) is 2. The lowest BCUT2D eigenvalue weighted by Crippen LogP contribution is -2.03. The minimum Gasteiger partial charge on any atom is -0.463 e. The van der Waals surface area contributed by atoms with Crippen molar-refractivity contribution in [3.8, 4) is 0 Å². The summed E-state index contributed by atoms with van der Waals surface area (Å²) >= 11 is 0. The Labute approximate surface area is 110 Å². The van der Waals surface area contributed by atoms with Gasteiger partial charge in [0.15, 0.2) is 0 Å². The molecule has 0 heterocycles. The van der Waals surface area contributed by atoms with Crippen LogP contribution in [-0.4, -0.2) is 12.6 Å². The average molecular weight is 246 g/mol. The van der Waals surface area contributed by atoms with E-state index in [1.807, 2.05) is 6.08 Å². The Morgan fingerprint density at radius 2 is 1.83 bits per heavy atom. The molecule has 98 valence electrons. The van der Waals surface area contributed by atoms with Crippen LogP contribution in [0, 0.1) is 0 Å². The maximum Gasteiger partial charge on any atom is 0.333 e. The summed E-state index contributed by atoms with van der Waals surface area (Å²) in [6.45, 7) is 13.1. The molecule has 0 atom stereocenters. The average Bonchev–Trinajstić information content (AvgIpc) is 2.39. The van der Waals surface area contributed by atoms with E-state index in [1.165, 1.54) is 11.1 Å². The summed E-state index contributed by atoms with van der Waals surface area (Å²) in [5.41, 5.74) is 3.02. The normalized spacial score (nSPS) is 8.83. The first-order chi connectivity index (χ1) is 8.54.